The molecule has 0 radical (unpaired) electrons. The Morgan fingerprint density at radius 2 is 2.00 bits per heavy atom. The molecule has 0 saturated heterocycles. The molecule has 5 heteroatoms. The molecular weight excluding hydrogens is 283 g/mol. The lowest BCUT2D eigenvalue weighted by molar-refractivity contribution is 0.200. The molecule has 0 bridgehead atoms. The van der Waals surface area contributed by atoms with Crippen LogP contribution in [0, 0.1) is 5.82 Å². The molecule has 1 heterocycles. The van der Waals surface area contributed by atoms with E-state index in [1.165, 1.54) is 12.1 Å². The summed E-state index contributed by atoms with van der Waals surface area (Å²) in [6, 6.07) is 13.5. The van der Waals surface area contributed by atoms with Gasteiger partial charge in [-0.1, -0.05) is 18.2 Å². The quantitative estimate of drug-likeness (QED) is 0.772. The molecule has 2 N–H and O–H groups in total. The lowest BCUT2D eigenvalue weighted by atomic mass is 10.1. The van der Waals surface area contributed by atoms with Crippen LogP contribution in [0.5, 0.6) is 5.75 Å². The SMILES string of the molecule is O=C(NCCc1c[nH]c2ccc(F)cc12)Oc1ccccc1. The summed E-state index contributed by atoms with van der Waals surface area (Å²) in [6.07, 6.45) is 1.92. The van der Waals surface area contributed by atoms with Gasteiger partial charge in [-0.25, -0.2) is 9.18 Å². The van der Waals surface area contributed by atoms with E-state index in [0.717, 1.165) is 16.5 Å². The molecule has 1 aromatic heterocycles. The van der Waals surface area contributed by atoms with Crippen molar-refractivity contribution in [1.29, 1.82) is 0 Å². The first-order valence-electron chi connectivity index (χ1n) is 6.98. The number of nitrogens with one attached hydrogen (secondary N) is 2. The van der Waals surface area contributed by atoms with Gasteiger partial charge in [0.05, 0.1) is 0 Å². The maximum absolute atomic E-state index is 13.3. The van der Waals surface area contributed by atoms with Crippen molar-refractivity contribution in [2.24, 2.45) is 0 Å². The highest BCUT2D eigenvalue weighted by Crippen LogP contribution is 2.19. The fourth-order valence-electron chi connectivity index (χ4n) is 2.29. The summed E-state index contributed by atoms with van der Waals surface area (Å²) in [4.78, 5) is 14.7. The predicted molar refractivity (Wildman–Crippen MR) is 82.4 cm³/mol. The van der Waals surface area contributed by atoms with Crippen molar-refractivity contribution in [2.75, 3.05) is 6.54 Å². The minimum atomic E-state index is -0.503. The number of ether oxygens (including phenoxy) is 1. The van der Waals surface area contributed by atoms with E-state index in [0.29, 0.717) is 18.7 Å². The van der Waals surface area contributed by atoms with Gasteiger partial charge in [0.1, 0.15) is 11.6 Å². The fraction of sp³-hybridized carbons (Fsp3) is 0.118. The van der Waals surface area contributed by atoms with Crippen molar-refractivity contribution in [1.82, 2.24) is 10.3 Å². The third-order valence-electron chi connectivity index (χ3n) is 3.35. The van der Waals surface area contributed by atoms with Crippen LogP contribution in [0.2, 0.25) is 0 Å². The van der Waals surface area contributed by atoms with E-state index in [-0.39, 0.29) is 5.82 Å². The first kappa shape index (κ1) is 14.1. The number of H-pyrrole nitrogens is 1. The number of hydrogen-bond donors (Lipinski definition) is 2. The Kier molecular flexibility index (Phi) is 4.05. The zero-order valence-corrected chi connectivity index (χ0v) is 11.8. The van der Waals surface area contributed by atoms with E-state index in [1.54, 1.807) is 30.3 Å². The smallest absolute Gasteiger partial charge is 0.410 e. The molecule has 3 aromatic rings. The maximum atomic E-state index is 13.3. The topological polar surface area (TPSA) is 54.1 Å². The molecule has 0 fully saturated rings. The number of hydrogen-bond acceptors (Lipinski definition) is 2. The Labute approximate surface area is 126 Å². The van der Waals surface area contributed by atoms with Crippen LogP contribution >= 0.6 is 0 Å². The second kappa shape index (κ2) is 6.30. The average Bonchev–Trinajstić information content (AvgIpc) is 2.91. The van der Waals surface area contributed by atoms with Crippen molar-refractivity contribution in [2.45, 2.75) is 6.42 Å². The van der Waals surface area contributed by atoms with Gasteiger partial charge >= 0.3 is 6.09 Å². The Morgan fingerprint density at radius 3 is 2.82 bits per heavy atom. The summed E-state index contributed by atoms with van der Waals surface area (Å²) >= 11 is 0. The van der Waals surface area contributed by atoms with Crippen molar-refractivity contribution in [3.05, 3.63) is 66.1 Å². The highest BCUT2D eigenvalue weighted by atomic mass is 19.1. The van der Waals surface area contributed by atoms with E-state index in [4.69, 9.17) is 4.74 Å². The summed E-state index contributed by atoms with van der Waals surface area (Å²) in [7, 11) is 0. The number of aromatic amines is 1. The first-order chi connectivity index (χ1) is 10.7. The van der Waals surface area contributed by atoms with Crippen LogP contribution in [-0.2, 0) is 6.42 Å². The average molecular weight is 298 g/mol. The molecule has 0 aliphatic rings. The molecule has 0 aliphatic heterocycles. The van der Waals surface area contributed by atoms with E-state index in [2.05, 4.69) is 10.3 Å². The molecule has 2 aromatic carbocycles. The minimum Gasteiger partial charge on any atom is -0.410 e. The lowest BCUT2D eigenvalue weighted by Crippen LogP contribution is -2.28. The van der Waals surface area contributed by atoms with Crippen LogP contribution in [0.3, 0.4) is 0 Å². The highest BCUT2D eigenvalue weighted by Gasteiger charge is 2.07. The predicted octanol–water partition coefficient (Wildman–Crippen LogP) is 3.64. The van der Waals surface area contributed by atoms with E-state index in [1.807, 2.05) is 12.3 Å². The lowest BCUT2D eigenvalue weighted by Gasteiger charge is -2.06. The third-order valence-corrected chi connectivity index (χ3v) is 3.35. The zero-order chi connectivity index (χ0) is 15.4. The number of rotatable bonds is 4. The number of carbonyl (C=O) groups is 1. The Balaban J connectivity index is 1.56. The molecule has 22 heavy (non-hydrogen) atoms. The van der Waals surface area contributed by atoms with Crippen LogP contribution in [-0.4, -0.2) is 17.6 Å². The van der Waals surface area contributed by atoms with Gasteiger partial charge in [-0.15, -0.1) is 0 Å². The molecule has 112 valence electrons. The number of para-hydroxylation sites is 1. The van der Waals surface area contributed by atoms with Gasteiger partial charge in [-0.3, -0.25) is 0 Å². The van der Waals surface area contributed by atoms with Crippen molar-refractivity contribution >= 4 is 17.0 Å². The number of carbonyl (C=O) groups excluding carboxylic acids is 1. The minimum absolute atomic E-state index is 0.273. The Bertz CT molecular complexity index is 784. The van der Waals surface area contributed by atoms with E-state index < -0.39 is 6.09 Å². The van der Waals surface area contributed by atoms with E-state index >= 15 is 0 Å². The molecule has 4 nitrogen and oxygen atoms in total. The molecule has 0 unspecified atom stereocenters. The summed E-state index contributed by atoms with van der Waals surface area (Å²) in [6.45, 7) is 0.412. The summed E-state index contributed by atoms with van der Waals surface area (Å²) in [5.74, 6) is 0.221. The third kappa shape index (κ3) is 3.25. The number of amides is 1. The Morgan fingerprint density at radius 1 is 1.18 bits per heavy atom. The van der Waals surface area contributed by atoms with Gasteiger partial charge in [-0.05, 0) is 42.3 Å². The molecule has 0 aliphatic carbocycles. The summed E-state index contributed by atoms with van der Waals surface area (Å²) < 4.78 is 18.4. The summed E-state index contributed by atoms with van der Waals surface area (Å²) in [5, 5.41) is 3.51. The van der Waals surface area contributed by atoms with Gasteiger partial charge in [-0.2, -0.15) is 0 Å². The molecule has 3 rings (SSSR count). The Hall–Kier alpha value is -2.82. The van der Waals surface area contributed by atoms with Crippen LogP contribution in [0.25, 0.3) is 10.9 Å². The zero-order valence-electron chi connectivity index (χ0n) is 11.8. The van der Waals surface area contributed by atoms with Gasteiger partial charge in [0.15, 0.2) is 0 Å². The monoisotopic (exact) mass is 298 g/mol. The molecule has 0 saturated carbocycles. The molecular formula is C17H15FN2O2. The molecule has 1 amide bonds. The molecule has 0 atom stereocenters. The van der Waals surface area contributed by atoms with Crippen molar-refractivity contribution in [3.8, 4) is 5.75 Å². The van der Waals surface area contributed by atoms with Crippen LogP contribution in [0.15, 0.2) is 54.7 Å². The number of aromatic nitrogens is 1. The number of benzene rings is 2. The van der Waals surface area contributed by atoms with Crippen LogP contribution in [0.4, 0.5) is 9.18 Å². The summed E-state index contributed by atoms with van der Waals surface area (Å²) in [5.41, 5.74) is 1.83. The van der Waals surface area contributed by atoms with Gasteiger partial charge in [0, 0.05) is 23.6 Å². The standard InChI is InChI=1S/C17H15FN2O2/c18-13-6-7-16-15(10-13)12(11-20-16)8-9-19-17(21)22-14-4-2-1-3-5-14/h1-7,10-11,20H,8-9H2,(H,19,21). The highest BCUT2D eigenvalue weighted by molar-refractivity contribution is 5.83. The second-order valence-corrected chi connectivity index (χ2v) is 4.88. The van der Waals surface area contributed by atoms with E-state index in [9.17, 15) is 9.18 Å². The maximum Gasteiger partial charge on any atom is 0.412 e. The van der Waals surface area contributed by atoms with Gasteiger partial charge in [0.25, 0.3) is 0 Å². The van der Waals surface area contributed by atoms with Gasteiger partial charge in [0.2, 0.25) is 0 Å². The molecule has 0 spiro atoms. The van der Waals surface area contributed by atoms with Crippen LogP contribution < -0.4 is 10.1 Å². The van der Waals surface area contributed by atoms with Crippen molar-refractivity contribution < 1.29 is 13.9 Å². The van der Waals surface area contributed by atoms with Gasteiger partial charge < -0.3 is 15.0 Å². The normalized spacial score (nSPS) is 10.6. The fourth-order valence-corrected chi connectivity index (χ4v) is 2.29. The first-order valence-corrected chi connectivity index (χ1v) is 6.98. The number of fused-ring (bicyclic) bond motifs is 1. The second-order valence-electron chi connectivity index (χ2n) is 4.88. The van der Waals surface area contributed by atoms with Crippen molar-refractivity contribution in [3.63, 3.8) is 0 Å². The largest absolute Gasteiger partial charge is 0.412 e. The number of halogens is 1. The van der Waals surface area contributed by atoms with Crippen LogP contribution in [0.1, 0.15) is 5.56 Å².